The number of nitrogens with zero attached hydrogens (tertiary/aromatic N) is 2. The largest absolute Gasteiger partial charge is 0.497 e. The lowest BCUT2D eigenvalue weighted by atomic mass is 9.73. The highest BCUT2D eigenvalue weighted by atomic mass is 16.7. The second-order valence-corrected chi connectivity index (χ2v) is 17.1. The van der Waals surface area contributed by atoms with E-state index in [1.165, 1.54) is 6.92 Å². The number of aromatic nitrogens is 1. The Morgan fingerprint density at radius 2 is 1.76 bits per heavy atom. The van der Waals surface area contributed by atoms with Gasteiger partial charge < -0.3 is 43.7 Å². The number of cyclic esters (lactones) is 1. The van der Waals surface area contributed by atoms with E-state index in [9.17, 15) is 24.3 Å². The predicted octanol–water partition coefficient (Wildman–Crippen LogP) is 5.51. The van der Waals surface area contributed by atoms with E-state index < -0.39 is 83.4 Å². The number of pyridine rings is 1. The Balaban J connectivity index is 1.56. The summed E-state index contributed by atoms with van der Waals surface area (Å²) in [4.78, 5) is 62.3. The number of esters is 1. The molecule has 3 aliphatic rings. The van der Waals surface area contributed by atoms with E-state index in [1.807, 2.05) is 69.3 Å². The molecule has 1 aromatic carbocycles. The minimum Gasteiger partial charge on any atom is -0.497 e. The Morgan fingerprint density at radius 3 is 2.43 bits per heavy atom. The minimum atomic E-state index is -1.39. The molecule has 2 N–H and O–H groups in total. The van der Waals surface area contributed by atoms with Gasteiger partial charge in [-0.1, -0.05) is 46.3 Å². The summed E-state index contributed by atoms with van der Waals surface area (Å²) < 4.78 is 37.0. The molecule has 3 saturated heterocycles. The van der Waals surface area contributed by atoms with Crippen LogP contribution in [0.25, 0.3) is 17.0 Å². The first-order valence-electron chi connectivity index (χ1n) is 20.5. The molecular formula is C44H63N3O11. The van der Waals surface area contributed by atoms with Gasteiger partial charge in [0.05, 0.1) is 43.1 Å². The van der Waals surface area contributed by atoms with E-state index in [2.05, 4.69) is 10.3 Å². The van der Waals surface area contributed by atoms with Crippen molar-refractivity contribution in [2.45, 2.75) is 135 Å². The SMILES string of the molecule is CCC[C@H]1OC(=O)[C@H](C)C(=O)[C@H](C)[C@@H](OC2O[C@H](C)C[C@H](N(C)C)[C@H]2O)[C@](C)(OC/C=C/c2cnc3ccc(OC)cc3c2)C[C@@H](C)C(=O)[C@H](C)[C@@H]2NC(=O)O[C@]12C. The van der Waals surface area contributed by atoms with Gasteiger partial charge in [-0.25, -0.2) is 4.79 Å². The van der Waals surface area contributed by atoms with Gasteiger partial charge in [-0.2, -0.15) is 0 Å². The molecule has 58 heavy (non-hydrogen) atoms. The van der Waals surface area contributed by atoms with Crippen molar-refractivity contribution < 1.29 is 52.7 Å². The highest BCUT2D eigenvalue weighted by molar-refractivity contribution is 6.00. The number of hydrogen-bond acceptors (Lipinski definition) is 13. The Hall–Kier alpha value is -3.95. The maximum atomic E-state index is 14.5. The summed E-state index contributed by atoms with van der Waals surface area (Å²) in [5.41, 5.74) is -1.13. The number of carbonyl (C=O) groups is 4. The van der Waals surface area contributed by atoms with E-state index in [-0.39, 0.29) is 31.0 Å². The lowest BCUT2D eigenvalue weighted by Gasteiger charge is -2.47. The van der Waals surface area contributed by atoms with Gasteiger partial charge in [0, 0.05) is 35.4 Å². The molecule has 3 fully saturated rings. The van der Waals surface area contributed by atoms with E-state index in [0.717, 1.165) is 16.5 Å². The van der Waals surface area contributed by atoms with Gasteiger partial charge in [0.1, 0.15) is 29.7 Å². The van der Waals surface area contributed by atoms with Gasteiger partial charge in [0.15, 0.2) is 17.7 Å². The molecule has 13 atom stereocenters. The first-order valence-corrected chi connectivity index (χ1v) is 20.5. The number of aliphatic hydroxyl groups excluding tert-OH is 1. The fraction of sp³-hybridized carbons (Fsp3) is 0.659. The van der Waals surface area contributed by atoms with Gasteiger partial charge >= 0.3 is 12.1 Å². The molecule has 0 radical (unpaired) electrons. The van der Waals surface area contributed by atoms with Gasteiger partial charge in [-0.15, -0.1) is 0 Å². The molecule has 5 rings (SSSR count). The predicted molar refractivity (Wildman–Crippen MR) is 217 cm³/mol. The van der Waals surface area contributed by atoms with Gasteiger partial charge in [0.25, 0.3) is 0 Å². The number of benzene rings is 1. The van der Waals surface area contributed by atoms with Crippen LogP contribution in [-0.4, -0.2) is 120 Å². The van der Waals surface area contributed by atoms with Crippen molar-refractivity contribution in [3.63, 3.8) is 0 Å². The first kappa shape index (κ1) is 45.1. The maximum absolute atomic E-state index is 14.5. The lowest BCUT2D eigenvalue weighted by Crippen LogP contribution is -2.60. The molecule has 0 bridgehead atoms. The number of nitrogens with one attached hydrogen (secondary N) is 1. The summed E-state index contributed by atoms with van der Waals surface area (Å²) in [6.45, 7) is 14.0. The normalized spacial score (nSPS) is 36.7. The van der Waals surface area contributed by atoms with Crippen LogP contribution in [0.2, 0.25) is 0 Å². The van der Waals surface area contributed by atoms with Gasteiger partial charge in [0.2, 0.25) is 0 Å². The van der Waals surface area contributed by atoms with Crippen molar-refractivity contribution >= 4 is 40.6 Å². The van der Waals surface area contributed by atoms with E-state index in [4.69, 9.17) is 28.4 Å². The van der Waals surface area contributed by atoms with E-state index in [1.54, 1.807) is 47.9 Å². The molecule has 0 spiro atoms. The summed E-state index contributed by atoms with van der Waals surface area (Å²) in [5, 5.41) is 15.3. The number of alkyl carbamates (subject to hydrolysis) is 1. The number of rotatable bonds is 10. The average Bonchev–Trinajstić information content (AvgIpc) is 3.51. The standard InChI is InChI=1S/C44H63N3O11/c1-12-14-34-44(8)38(46-42(52)58-44)26(4)35(48)24(2)22-43(7,54-18-13-15-29-20-30-21-31(53-11)16-17-32(30)45-23-29)39(27(5)36(49)28(6)40(51)56-34)57-41-37(50)33(47(9)10)19-25(3)55-41/h13,15-17,20-21,23-28,33-34,37-39,41,50H,12,14,18-19,22H2,1-11H3,(H,46,52)/b15-13+/t24-,25-,26+,27+,28-,33+,34-,37-,38+,39-,41?,43-,44-/m1/s1. The number of Topliss-reactive ketones (excluding diaryl/α,β-unsaturated/α-hetero) is 2. The molecule has 1 aromatic heterocycles. The third kappa shape index (κ3) is 9.57. The smallest absolute Gasteiger partial charge is 0.408 e. The van der Waals surface area contributed by atoms with Crippen LogP contribution in [0.5, 0.6) is 5.75 Å². The molecule has 1 unspecified atom stereocenters. The van der Waals surface area contributed by atoms with Crippen molar-refractivity contribution in [1.29, 1.82) is 0 Å². The zero-order valence-corrected chi connectivity index (χ0v) is 35.9. The summed E-state index contributed by atoms with van der Waals surface area (Å²) in [6.07, 6.45) is 1.65. The quantitative estimate of drug-likeness (QED) is 0.228. The summed E-state index contributed by atoms with van der Waals surface area (Å²) in [7, 11) is 5.35. The van der Waals surface area contributed by atoms with Crippen LogP contribution < -0.4 is 10.1 Å². The van der Waals surface area contributed by atoms with Crippen molar-refractivity contribution in [2.24, 2.45) is 23.7 Å². The number of likely N-dealkylation sites (N-methyl/N-ethyl adjacent to an activating group) is 1. The Morgan fingerprint density at radius 1 is 1.03 bits per heavy atom. The molecule has 14 heteroatoms. The fourth-order valence-electron chi connectivity index (χ4n) is 9.01. The molecule has 320 valence electrons. The monoisotopic (exact) mass is 809 g/mol. The van der Waals surface area contributed by atoms with E-state index >= 15 is 0 Å². The van der Waals surface area contributed by atoms with Crippen LogP contribution in [-0.2, 0) is 38.1 Å². The highest BCUT2D eigenvalue weighted by Crippen LogP contribution is 2.41. The average molecular weight is 810 g/mol. The zero-order valence-electron chi connectivity index (χ0n) is 35.9. The van der Waals surface area contributed by atoms with Gasteiger partial charge in [-0.05, 0) is 90.9 Å². The van der Waals surface area contributed by atoms with Crippen molar-refractivity contribution in [2.75, 3.05) is 27.8 Å². The topological polar surface area (TPSA) is 172 Å². The summed E-state index contributed by atoms with van der Waals surface area (Å²) in [6, 6.07) is 6.48. The number of amides is 1. The number of carbonyl (C=O) groups excluding carboxylic acids is 4. The molecule has 4 heterocycles. The molecule has 3 aliphatic heterocycles. The number of ketones is 2. The third-order valence-corrected chi connectivity index (χ3v) is 12.4. The van der Waals surface area contributed by atoms with Crippen molar-refractivity contribution in [3.8, 4) is 5.75 Å². The van der Waals surface area contributed by atoms with Crippen LogP contribution in [0.15, 0.2) is 36.5 Å². The number of ether oxygens (including phenoxy) is 6. The second-order valence-electron chi connectivity index (χ2n) is 17.1. The Labute approximate surface area is 342 Å². The Kier molecular flexibility index (Phi) is 14.4. The van der Waals surface area contributed by atoms with Crippen LogP contribution in [0.3, 0.4) is 0 Å². The molecule has 14 nitrogen and oxygen atoms in total. The molecule has 1 amide bonds. The maximum Gasteiger partial charge on any atom is 0.408 e. The van der Waals surface area contributed by atoms with Crippen LogP contribution in [0.4, 0.5) is 4.79 Å². The third-order valence-electron chi connectivity index (χ3n) is 12.4. The molecule has 2 aromatic rings. The zero-order chi connectivity index (χ0) is 42.7. The lowest BCUT2D eigenvalue weighted by molar-refractivity contribution is -0.296. The van der Waals surface area contributed by atoms with Crippen LogP contribution in [0, 0.1) is 23.7 Å². The number of methoxy groups -OCH3 is 1. The van der Waals surface area contributed by atoms with Gasteiger partial charge in [-0.3, -0.25) is 19.4 Å². The van der Waals surface area contributed by atoms with Crippen molar-refractivity contribution in [1.82, 2.24) is 15.2 Å². The van der Waals surface area contributed by atoms with Crippen LogP contribution >= 0.6 is 0 Å². The van der Waals surface area contributed by atoms with Crippen LogP contribution in [0.1, 0.15) is 86.6 Å². The van der Waals surface area contributed by atoms with Crippen molar-refractivity contribution in [3.05, 3.63) is 42.1 Å². The Bertz CT molecular complexity index is 1840. The number of aliphatic hydroxyl groups is 1. The molecule has 0 saturated carbocycles. The fourth-order valence-corrected chi connectivity index (χ4v) is 9.01. The van der Waals surface area contributed by atoms with E-state index in [0.29, 0.717) is 25.0 Å². The highest BCUT2D eigenvalue weighted by Gasteiger charge is 2.57. The summed E-state index contributed by atoms with van der Waals surface area (Å²) >= 11 is 0. The number of fused-ring (bicyclic) bond motifs is 2. The second kappa shape index (κ2) is 18.5. The first-order chi connectivity index (χ1) is 27.3. The number of hydrogen-bond donors (Lipinski definition) is 2. The minimum absolute atomic E-state index is 0.0373. The summed E-state index contributed by atoms with van der Waals surface area (Å²) in [5.74, 6) is -4.46. The molecular weight excluding hydrogens is 746 g/mol. The molecule has 0 aliphatic carbocycles.